The Hall–Kier alpha value is -4.14. The van der Waals surface area contributed by atoms with Crippen LogP contribution in [0, 0.1) is 13.8 Å². The first-order valence-corrected chi connectivity index (χ1v) is 12.0. The topological polar surface area (TPSA) is 97.2 Å². The molecule has 186 valence electrons. The highest BCUT2D eigenvalue weighted by Crippen LogP contribution is 2.30. The van der Waals surface area contributed by atoms with Gasteiger partial charge in [0.25, 0.3) is 0 Å². The molecule has 2 N–H and O–H groups in total. The van der Waals surface area contributed by atoms with Crippen molar-refractivity contribution in [2.45, 2.75) is 53.3 Å². The number of carbonyl (C=O) groups is 1. The average molecular weight is 486 g/mol. The van der Waals surface area contributed by atoms with Crippen LogP contribution in [0.25, 0.3) is 11.0 Å². The number of aryl methyl sites for hydroxylation is 3. The maximum atomic E-state index is 12.5. The van der Waals surface area contributed by atoms with Crippen molar-refractivity contribution in [3.8, 4) is 0 Å². The summed E-state index contributed by atoms with van der Waals surface area (Å²) in [5, 5.41) is 12.2. The maximum Gasteiger partial charge on any atom is 0.410 e. The number of fused-ring (bicyclic) bond motifs is 2. The Morgan fingerprint density at radius 2 is 1.75 bits per heavy atom. The minimum atomic E-state index is -0.519. The van der Waals surface area contributed by atoms with Gasteiger partial charge in [0.1, 0.15) is 5.60 Å². The third kappa shape index (κ3) is 4.68. The summed E-state index contributed by atoms with van der Waals surface area (Å²) in [6.07, 6.45) is 1.48. The minimum absolute atomic E-state index is 0.302. The monoisotopic (exact) mass is 485 g/mol. The van der Waals surface area contributed by atoms with Gasteiger partial charge in [-0.2, -0.15) is 10.1 Å². The van der Waals surface area contributed by atoms with Gasteiger partial charge in [-0.3, -0.25) is 4.90 Å². The molecule has 1 amide bonds. The highest BCUT2D eigenvalue weighted by molar-refractivity contribution is 5.90. The summed E-state index contributed by atoms with van der Waals surface area (Å²) in [6, 6.07) is 12.2. The van der Waals surface area contributed by atoms with Crippen LogP contribution in [-0.4, -0.2) is 36.3 Å². The number of hydrogen-bond acceptors (Lipinski definition) is 7. The van der Waals surface area contributed by atoms with Gasteiger partial charge in [0, 0.05) is 37.7 Å². The average Bonchev–Trinajstić information content (AvgIpc) is 3.36. The number of aromatic nitrogens is 4. The normalized spacial score (nSPS) is 13.1. The molecule has 36 heavy (non-hydrogen) atoms. The zero-order valence-electron chi connectivity index (χ0n) is 21.5. The van der Waals surface area contributed by atoms with E-state index in [-0.39, 0.29) is 6.09 Å². The molecule has 0 aliphatic carbocycles. The van der Waals surface area contributed by atoms with Gasteiger partial charge in [0.15, 0.2) is 11.5 Å². The van der Waals surface area contributed by atoms with Gasteiger partial charge in [-0.05, 0) is 69.0 Å². The van der Waals surface area contributed by atoms with Crippen LogP contribution in [0.15, 0.2) is 42.6 Å². The van der Waals surface area contributed by atoms with E-state index in [1.54, 1.807) is 15.8 Å². The number of nitrogens with zero attached hydrogens (tertiary/aromatic N) is 5. The molecule has 4 aromatic rings. The van der Waals surface area contributed by atoms with E-state index in [9.17, 15) is 4.79 Å². The van der Waals surface area contributed by atoms with Crippen molar-refractivity contribution < 1.29 is 9.53 Å². The number of hydrogen-bond donors (Lipinski definition) is 2. The molecule has 0 bridgehead atoms. The molecule has 3 heterocycles. The van der Waals surface area contributed by atoms with E-state index in [1.807, 2.05) is 52.1 Å². The fourth-order valence-electron chi connectivity index (χ4n) is 4.38. The smallest absolute Gasteiger partial charge is 0.410 e. The molecule has 0 spiro atoms. The van der Waals surface area contributed by atoms with Crippen molar-refractivity contribution in [3.05, 3.63) is 64.8 Å². The van der Waals surface area contributed by atoms with Crippen molar-refractivity contribution in [2.24, 2.45) is 7.05 Å². The summed E-state index contributed by atoms with van der Waals surface area (Å²) in [5.41, 5.74) is 6.58. The molecular formula is C27H31N7O2. The van der Waals surface area contributed by atoms with E-state index < -0.39 is 5.60 Å². The van der Waals surface area contributed by atoms with Gasteiger partial charge in [-0.1, -0.05) is 24.3 Å². The van der Waals surface area contributed by atoms with Gasteiger partial charge < -0.3 is 15.4 Å². The predicted octanol–water partition coefficient (Wildman–Crippen LogP) is 5.72. The zero-order valence-corrected chi connectivity index (χ0v) is 21.5. The lowest BCUT2D eigenvalue weighted by Gasteiger charge is -2.24. The summed E-state index contributed by atoms with van der Waals surface area (Å²) < 4.78 is 7.27. The number of para-hydroxylation sites is 1. The Kier molecular flexibility index (Phi) is 5.78. The second kappa shape index (κ2) is 8.82. The lowest BCUT2D eigenvalue weighted by Crippen LogP contribution is -2.33. The molecule has 0 saturated heterocycles. The minimum Gasteiger partial charge on any atom is -0.444 e. The van der Waals surface area contributed by atoms with Crippen LogP contribution in [0.2, 0.25) is 0 Å². The van der Waals surface area contributed by atoms with Crippen molar-refractivity contribution >= 4 is 40.3 Å². The van der Waals surface area contributed by atoms with Crippen molar-refractivity contribution in [2.75, 3.05) is 10.6 Å². The van der Waals surface area contributed by atoms with Crippen molar-refractivity contribution in [1.82, 2.24) is 24.6 Å². The summed E-state index contributed by atoms with van der Waals surface area (Å²) in [6.45, 7) is 10.8. The molecule has 1 aliphatic rings. The Morgan fingerprint density at radius 1 is 1.03 bits per heavy atom. The van der Waals surface area contributed by atoms with Crippen molar-refractivity contribution in [1.29, 1.82) is 0 Å². The van der Waals surface area contributed by atoms with Crippen LogP contribution in [0.3, 0.4) is 0 Å². The summed E-state index contributed by atoms with van der Waals surface area (Å²) in [4.78, 5) is 23.4. The first kappa shape index (κ1) is 23.6. The van der Waals surface area contributed by atoms with E-state index >= 15 is 0 Å². The molecule has 0 fully saturated rings. The lowest BCUT2D eigenvalue weighted by molar-refractivity contribution is 0.0242. The van der Waals surface area contributed by atoms with Gasteiger partial charge in [-0.25, -0.2) is 14.5 Å². The molecule has 5 rings (SSSR count). The highest BCUT2D eigenvalue weighted by atomic mass is 16.6. The SMILES string of the molecule is Cc1cccc(C)c1Nc1nn(C)c2nc(Nc3ccc4c(c3)CN(C(=O)OC(C)(C)C)C4)ncc12. The number of ether oxygens (including phenoxy) is 1. The zero-order chi connectivity index (χ0) is 25.6. The molecule has 0 saturated carbocycles. The van der Waals surface area contributed by atoms with Gasteiger partial charge in [0.2, 0.25) is 5.95 Å². The number of amides is 1. The van der Waals surface area contributed by atoms with E-state index in [2.05, 4.69) is 46.7 Å². The van der Waals surface area contributed by atoms with E-state index in [0.29, 0.717) is 19.0 Å². The number of benzene rings is 2. The fourth-order valence-corrected chi connectivity index (χ4v) is 4.38. The molecule has 2 aromatic heterocycles. The molecule has 0 unspecified atom stereocenters. The Balaban J connectivity index is 1.34. The van der Waals surface area contributed by atoms with Crippen LogP contribution >= 0.6 is 0 Å². The lowest BCUT2D eigenvalue weighted by atomic mass is 10.1. The molecule has 9 heteroatoms. The maximum absolute atomic E-state index is 12.5. The van der Waals surface area contributed by atoms with Gasteiger partial charge in [0.05, 0.1) is 5.39 Å². The first-order chi connectivity index (χ1) is 17.1. The standard InChI is InChI=1S/C27H31N7O2/c1-16-8-7-9-17(2)22(16)30-23-21-13-28-25(31-24(21)33(6)32-23)29-20-11-10-18-14-34(15-19(18)12-20)26(35)36-27(3,4)5/h7-13H,14-15H2,1-6H3,(H,30,32)(H,28,29,31). The van der Waals surface area contributed by atoms with Crippen LogP contribution in [0.5, 0.6) is 0 Å². The Bertz CT molecular complexity index is 1450. The molecule has 9 nitrogen and oxygen atoms in total. The second-order valence-electron chi connectivity index (χ2n) is 10.2. The van der Waals surface area contributed by atoms with Gasteiger partial charge >= 0.3 is 6.09 Å². The Labute approximate surface area is 210 Å². The molecule has 2 aromatic carbocycles. The number of nitrogens with one attached hydrogen (secondary N) is 2. The fraction of sp³-hybridized carbons (Fsp3) is 0.333. The van der Waals surface area contributed by atoms with Crippen LogP contribution in [-0.2, 0) is 24.9 Å². The highest BCUT2D eigenvalue weighted by Gasteiger charge is 2.28. The first-order valence-electron chi connectivity index (χ1n) is 12.0. The summed E-state index contributed by atoms with van der Waals surface area (Å²) in [5.74, 6) is 1.20. The third-order valence-electron chi connectivity index (χ3n) is 6.14. The summed E-state index contributed by atoms with van der Waals surface area (Å²) >= 11 is 0. The van der Waals surface area contributed by atoms with E-state index in [4.69, 9.17) is 9.72 Å². The van der Waals surface area contributed by atoms with E-state index in [1.165, 1.54) is 0 Å². The van der Waals surface area contributed by atoms with Crippen molar-refractivity contribution in [3.63, 3.8) is 0 Å². The van der Waals surface area contributed by atoms with E-state index in [0.717, 1.165) is 50.5 Å². The van der Waals surface area contributed by atoms with Gasteiger partial charge in [-0.15, -0.1) is 0 Å². The molecule has 0 radical (unpaired) electrons. The quantitative estimate of drug-likeness (QED) is 0.382. The second-order valence-corrected chi connectivity index (χ2v) is 10.2. The summed E-state index contributed by atoms with van der Waals surface area (Å²) in [7, 11) is 1.87. The molecule has 1 aliphatic heterocycles. The van der Waals surface area contributed by atoms with Crippen LogP contribution in [0.4, 0.5) is 27.9 Å². The molecule has 0 atom stereocenters. The van der Waals surface area contributed by atoms with Crippen LogP contribution < -0.4 is 10.6 Å². The predicted molar refractivity (Wildman–Crippen MR) is 141 cm³/mol. The number of anilines is 4. The third-order valence-corrected chi connectivity index (χ3v) is 6.14. The largest absolute Gasteiger partial charge is 0.444 e. The number of carbonyl (C=O) groups excluding carboxylic acids is 1. The Morgan fingerprint density at radius 3 is 2.47 bits per heavy atom. The molecular weight excluding hydrogens is 454 g/mol. The van der Waals surface area contributed by atoms with Crippen LogP contribution in [0.1, 0.15) is 43.0 Å². The number of rotatable bonds is 4.